The van der Waals surface area contributed by atoms with Crippen LogP contribution >= 0.6 is 6.26 Å². The lowest BCUT2D eigenvalue weighted by Gasteiger charge is -2.20. The molecule has 0 rings (SSSR count). The molecule has 2 atom stereocenters. The maximum Gasteiger partial charge on any atom is 0.0946 e. The van der Waals surface area contributed by atoms with Gasteiger partial charge < -0.3 is 4.52 Å². The summed E-state index contributed by atoms with van der Waals surface area (Å²) in [5, 5.41) is 8.67. The number of hydrogen-bond donors (Lipinski definition) is 0. The number of rotatable bonds is 4. The van der Waals surface area contributed by atoms with Crippen LogP contribution in [-0.2, 0) is 16.3 Å². The molecule has 0 aromatic heterocycles. The Morgan fingerprint density at radius 1 is 1.50 bits per heavy atom. The van der Waals surface area contributed by atoms with E-state index in [4.69, 9.17) is 21.6 Å². The minimum Gasteiger partial charge on any atom is -0.349 e. The molecule has 0 saturated heterocycles. The second kappa shape index (κ2) is 4.97. The first kappa shape index (κ1) is 12.1. The smallest absolute Gasteiger partial charge is 0.0946 e. The van der Waals surface area contributed by atoms with Gasteiger partial charge in [0.25, 0.3) is 0 Å². The monoisotopic (exact) mass is 205 g/mol. The maximum atomic E-state index is 8.67. The van der Waals surface area contributed by atoms with Crippen molar-refractivity contribution in [3.63, 3.8) is 0 Å². The lowest BCUT2D eigenvalue weighted by atomic mass is 10.2. The zero-order valence-corrected chi connectivity index (χ0v) is 9.78. The van der Waals surface area contributed by atoms with Gasteiger partial charge in [-0.05, 0) is 19.5 Å². The Labute approximate surface area is 80.0 Å². The van der Waals surface area contributed by atoms with Crippen LogP contribution in [0.1, 0.15) is 20.8 Å². The molecule has 0 aliphatic carbocycles. The van der Waals surface area contributed by atoms with Crippen molar-refractivity contribution in [2.45, 2.75) is 26.4 Å². The molecular weight excluding hydrogens is 189 g/mol. The van der Waals surface area contributed by atoms with Crippen molar-refractivity contribution in [3.05, 3.63) is 0 Å². The maximum absolute atomic E-state index is 8.67. The van der Waals surface area contributed by atoms with Crippen molar-refractivity contribution in [1.29, 1.82) is 5.26 Å². The molecule has 0 spiro atoms. The molecule has 0 saturated carbocycles. The van der Waals surface area contributed by atoms with Crippen LogP contribution in [0.15, 0.2) is 0 Å². The summed E-state index contributed by atoms with van der Waals surface area (Å²) in [4.78, 5) is 0. The molecule has 0 bridgehead atoms. The van der Waals surface area contributed by atoms with E-state index < -0.39 is 6.26 Å². The van der Waals surface area contributed by atoms with Crippen molar-refractivity contribution in [2.75, 3.05) is 13.3 Å². The minimum atomic E-state index is -1.87. The van der Waals surface area contributed by atoms with Crippen LogP contribution in [0.2, 0.25) is 0 Å². The molecule has 70 valence electrons. The molecule has 0 aliphatic heterocycles. The molecule has 0 N–H and O–H groups in total. The fourth-order valence-corrected chi connectivity index (χ4v) is 1.87. The first-order valence-corrected chi connectivity index (χ1v) is 7.25. The Bertz CT molecular complexity index is 222. The van der Waals surface area contributed by atoms with E-state index in [0.29, 0.717) is 12.5 Å². The standard InChI is InChI=1S/C8H16NOPS/c1-7(2)6-10-11(4,12)8(3)5-9/h7-8H,6H2,1-4H3/t8-,11+/m1/s1. The molecule has 0 aromatic rings. The average molecular weight is 205 g/mol. The third kappa shape index (κ3) is 4.21. The zero-order valence-electron chi connectivity index (χ0n) is 8.07. The summed E-state index contributed by atoms with van der Waals surface area (Å²) in [6, 6.07) is 2.15. The molecule has 0 aliphatic rings. The van der Waals surface area contributed by atoms with Gasteiger partial charge >= 0.3 is 0 Å². The number of nitriles is 1. The van der Waals surface area contributed by atoms with Gasteiger partial charge in [-0.2, -0.15) is 5.26 Å². The van der Waals surface area contributed by atoms with E-state index in [1.807, 2.05) is 13.6 Å². The van der Waals surface area contributed by atoms with Crippen molar-refractivity contribution in [2.24, 2.45) is 5.92 Å². The Kier molecular flexibility index (Phi) is 5.01. The molecule has 2 nitrogen and oxygen atoms in total. The Morgan fingerprint density at radius 2 is 2.00 bits per heavy atom. The Morgan fingerprint density at radius 3 is 2.33 bits per heavy atom. The molecule has 12 heavy (non-hydrogen) atoms. The van der Waals surface area contributed by atoms with E-state index in [2.05, 4.69) is 19.9 Å². The summed E-state index contributed by atoms with van der Waals surface area (Å²) >= 11 is 5.25. The van der Waals surface area contributed by atoms with Gasteiger partial charge in [0.1, 0.15) is 0 Å². The fourth-order valence-electron chi connectivity index (χ4n) is 0.514. The molecule has 0 fully saturated rings. The SMILES string of the molecule is CC(C)CO[P@@](C)(=S)[C@H](C)C#N. The fraction of sp³-hybridized carbons (Fsp3) is 0.875. The zero-order chi connectivity index (χ0) is 9.78. The Hall–Kier alpha value is 0.100. The third-order valence-corrected chi connectivity index (χ3v) is 5.00. The van der Waals surface area contributed by atoms with Crippen LogP contribution in [-0.4, -0.2) is 18.9 Å². The highest BCUT2D eigenvalue weighted by Crippen LogP contribution is 2.48. The van der Waals surface area contributed by atoms with Crippen molar-refractivity contribution in [1.82, 2.24) is 0 Å². The van der Waals surface area contributed by atoms with Crippen LogP contribution in [0, 0.1) is 17.2 Å². The van der Waals surface area contributed by atoms with E-state index >= 15 is 0 Å². The summed E-state index contributed by atoms with van der Waals surface area (Å²) < 4.78 is 5.55. The highest BCUT2D eigenvalue weighted by molar-refractivity contribution is 8.12. The van der Waals surface area contributed by atoms with Gasteiger partial charge in [0, 0.05) is 0 Å². The lowest BCUT2D eigenvalue weighted by molar-refractivity contribution is 0.297. The van der Waals surface area contributed by atoms with Gasteiger partial charge in [-0.1, -0.05) is 25.7 Å². The quantitative estimate of drug-likeness (QED) is 0.661. The van der Waals surface area contributed by atoms with Crippen LogP contribution in [0.25, 0.3) is 0 Å². The summed E-state index contributed by atoms with van der Waals surface area (Å²) in [6.07, 6.45) is -1.87. The Balaban J connectivity index is 4.07. The molecule has 0 heterocycles. The van der Waals surface area contributed by atoms with Gasteiger partial charge in [0.05, 0.1) is 24.6 Å². The highest BCUT2D eigenvalue weighted by atomic mass is 32.4. The second-order valence-electron chi connectivity index (χ2n) is 3.40. The van der Waals surface area contributed by atoms with Crippen molar-refractivity contribution >= 4 is 18.1 Å². The summed E-state index contributed by atoms with van der Waals surface area (Å²) in [6.45, 7) is 8.54. The normalized spacial score (nSPS) is 18.3. The van der Waals surface area contributed by atoms with Gasteiger partial charge in [0.2, 0.25) is 0 Å². The summed E-state index contributed by atoms with van der Waals surface area (Å²) in [5.41, 5.74) is -0.133. The second-order valence-corrected chi connectivity index (χ2v) is 8.43. The minimum absolute atomic E-state index is 0.133. The van der Waals surface area contributed by atoms with Gasteiger partial charge in [-0.15, -0.1) is 0 Å². The predicted molar refractivity (Wildman–Crippen MR) is 56.1 cm³/mol. The highest BCUT2D eigenvalue weighted by Gasteiger charge is 2.19. The van der Waals surface area contributed by atoms with Gasteiger partial charge in [-0.3, -0.25) is 0 Å². The predicted octanol–water partition coefficient (Wildman–Crippen LogP) is 2.60. The number of nitrogens with zero attached hydrogens (tertiary/aromatic N) is 1. The molecular formula is C8H16NOPS. The van der Waals surface area contributed by atoms with Gasteiger partial charge in [-0.25, -0.2) is 0 Å². The number of hydrogen-bond acceptors (Lipinski definition) is 3. The van der Waals surface area contributed by atoms with Crippen LogP contribution in [0.4, 0.5) is 0 Å². The molecule has 4 heteroatoms. The molecule has 0 unspecified atom stereocenters. The first-order chi connectivity index (χ1) is 5.40. The lowest BCUT2D eigenvalue weighted by Crippen LogP contribution is -2.06. The largest absolute Gasteiger partial charge is 0.349 e. The summed E-state index contributed by atoms with van der Waals surface area (Å²) in [7, 11) is 0. The molecule has 0 amide bonds. The van der Waals surface area contributed by atoms with E-state index in [1.54, 1.807) is 0 Å². The molecule has 0 aromatic carbocycles. The topological polar surface area (TPSA) is 33.0 Å². The van der Waals surface area contributed by atoms with E-state index in [1.165, 1.54) is 0 Å². The third-order valence-electron chi connectivity index (χ3n) is 1.55. The summed E-state index contributed by atoms with van der Waals surface area (Å²) in [5.74, 6) is 0.484. The first-order valence-electron chi connectivity index (χ1n) is 4.01. The van der Waals surface area contributed by atoms with E-state index in [-0.39, 0.29) is 5.66 Å². The van der Waals surface area contributed by atoms with Crippen LogP contribution < -0.4 is 0 Å². The van der Waals surface area contributed by atoms with E-state index in [0.717, 1.165) is 0 Å². The van der Waals surface area contributed by atoms with Crippen molar-refractivity contribution in [3.8, 4) is 6.07 Å². The van der Waals surface area contributed by atoms with Crippen LogP contribution in [0.3, 0.4) is 0 Å². The van der Waals surface area contributed by atoms with E-state index in [9.17, 15) is 0 Å². The van der Waals surface area contributed by atoms with Gasteiger partial charge in [0.15, 0.2) is 0 Å². The molecule has 0 radical (unpaired) electrons. The average Bonchev–Trinajstić information content (AvgIpc) is 1.99. The van der Waals surface area contributed by atoms with Crippen LogP contribution in [0.5, 0.6) is 0 Å². The van der Waals surface area contributed by atoms with Crippen molar-refractivity contribution < 1.29 is 4.52 Å².